The van der Waals surface area contributed by atoms with Crippen molar-refractivity contribution < 1.29 is 18.3 Å². The Labute approximate surface area is 195 Å². The van der Waals surface area contributed by atoms with Crippen molar-refractivity contribution in [1.29, 1.82) is 0 Å². The Morgan fingerprint density at radius 1 is 1.13 bits per heavy atom. The number of hydrogen-bond donors (Lipinski definition) is 1. The van der Waals surface area contributed by atoms with Crippen molar-refractivity contribution in [2.75, 3.05) is 11.1 Å². The molecule has 1 aromatic heterocycles. The van der Waals surface area contributed by atoms with Gasteiger partial charge in [0, 0.05) is 12.1 Å². The monoisotopic (exact) mass is 506 g/mol. The van der Waals surface area contributed by atoms with Crippen LogP contribution in [0.3, 0.4) is 0 Å². The van der Waals surface area contributed by atoms with Crippen LogP contribution in [-0.4, -0.2) is 33.0 Å². The minimum Gasteiger partial charge on any atom is -0.435 e. The van der Waals surface area contributed by atoms with Gasteiger partial charge in [0.15, 0.2) is 11.0 Å². The van der Waals surface area contributed by atoms with Gasteiger partial charge < -0.3 is 14.6 Å². The Morgan fingerprint density at radius 2 is 1.81 bits per heavy atom. The second-order valence-electron chi connectivity index (χ2n) is 6.04. The van der Waals surface area contributed by atoms with Crippen molar-refractivity contribution in [3.8, 4) is 17.1 Å². The molecule has 1 amide bonds. The molecule has 12 heteroatoms. The van der Waals surface area contributed by atoms with Crippen LogP contribution in [-0.2, 0) is 11.3 Å². The van der Waals surface area contributed by atoms with Gasteiger partial charge in [-0.15, -0.1) is 10.2 Å². The van der Waals surface area contributed by atoms with E-state index in [1.54, 1.807) is 12.1 Å². The highest BCUT2D eigenvalue weighted by molar-refractivity contribution is 7.99. The summed E-state index contributed by atoms with van der Waals surface area (Å²) < 4.78 is 30.8. The number of amides is 1. The zero-order valence-corrected chi connectivity index (χ0v) is 19.0. The Bertz CT molecular complexity index is 1080. The van der Waals surface area contributed by atoms with E-state index in [-0.39, 0.29) is 32.5 Å². The maximum absolute atomic E-state index is 12.3. The fourth-order valence-corrected chi connectivity index (χ4v) is 4.01. The molecule has 0 spiro atoms. The number of hydrogen-bond acceptors (Lipinski definition) is 5. The number of thioether (sulfide) groups is 1. The average molecular weight is 508 g/mol. The first kappa shape index (κ1) is 23.6. The first-order valence-corrected chi connectivity index (χ1v) is 11.0. The molecule has 0 radical (unpaired) electrons. The molecule has 3 rings (SSSR count). The lowest BCUT2D eigenvalue weighted by Gasteiger charge is -2.10. The number of carbonyl (C=O) groups is 1. The number of aromatic nitrogens is 3. The molecule has 0 saturated carbocycles. The van der Waals surface area contributed by atoms with Crippen molar-refractivity contribution in [3.05, 3.63) is 51.5 Å². The van der Waals surface area contributed by atoms with Crippen LogP contribution >= 0.6 is 46.6 Å². The van der Waals surface area contributed by atoms with E-state index in [9.17, 15) is 13.6 Å². The van der Waals surface area contributed by atoms with Gasteiger partial charge in [0.1, 0.15) is 5.75 Å². The Balaban J connectivity index is 1.68. The van der Waals surface area contributed by atoms with Crippen LogP contribution in [0.2, 0.25) is 15.1 Å². The van der Waals surface area contributed by atoms with Crippen molar-refractivity contribution in [1.82, 2.24) is 14.8 Å². The number of nitrogens with zero attached hydrogens (tertiary/aromatic N) is 3. The molecule has 0 saturated heterocycles. The quantitative estimate of drug-likeness (QED) is 0.288. The van der Waals surface area contributed by atoms with Crippen molar-refractivity contribution in [2.45, 2.75) is 25.2 Å². The van der Waals surface area contributed by atoms with E-state index in [1.807, 2.05) is 11.5 Å². The zero-order chi connectivity index (χ0) is 22.5. The van der Waals surface area contributed by atoms with Crippen LogP contribution in [0.4, 0.5) is 14.5 Å². The summed E-state index contributed by atoms with van der Waals surface area (Å²) in [7, 11) is 0. The molecule has 0 bridgehead atoms. The normalized spacial score (nSPS) is 11.1. The predicted octanol–water partition coefficient (Wildman–Crippen LogP) is 6.26. The van der Waals surface area contributed by atoms with E-state index in [2.05, 4.69) is 20.3 Å². The number of ether oxygens (including phenoxy) is 1. The lowest BCUT2D eigenvalue weighted by Crippen LogP contribution is -2.15. The first-order chi connectivity index (χ1) is 14.8. The minimum absolute atomic E-state index is 0.0496. The van der Waals surface area contributed by atoms with Crippen LogP contribution in [0.25, 0.3) is 11.4 Å². The molecule has 1 heterocycles. The maximum Gasteiger partial charge on any atom is 0.387 e. The van der Waals surface area contributed by atoms with Gasteiger partial charge in [0.25, 0.3) is 0 Å². The fraction of sp³-hybridized carbons (Fsp3) is 0.211. The Morgan fingerprint density at radius 3 is 2.45 bits per heavy atom. The zero-order valence-electron chi connectivity index (χ0n) is 15.9. The van der Waals surface area contributed by atoms with Gasteiger partial charge >= 0.3 is 6.61 Å². The first-order valence-electron chi connectivity index (χ1n) is 8.84. The number of nitrogens with one attached hydrogen (secondary N) is 1. The van der Waals surface area contributed by atoms with Gasteiger partial charge in [-0.3, -0.25) is 4.79 Å². The number of benzene rings is 2. The molecule has 2 aromatic carbocycles. The topological polar surface area (TPSA) is 69.0 Å². The minimum atomic E-state index is -2.89. The number of alkyl halides is 2. The molecule has 0 fully saturated rings. The molecule has 1 N–H and O–H groups in total. The standard InChI is InChI=1S/C19H15Cl3F2N4O2S/c1-2-28-17(10-3-5-11(6-4-10)30-18(23)24)26-27-19(28)31-9-16(29)25-15-8-13(21)12(20)7-14(15)22/h3-8,18H,2,9H2,1H3,(H,25,29). The molecule has 0 atom stereocenters. The van der Waals surface area contributed by atoms with Gasteiger partial charge in [-0.2, -0.15) is 8.78 Å². The molecule has 0 aliphatic rings. The van der Waals surface area contributed by atoms with Gasteiger partial charge in [0.05, 0.1) is 26.5 Å². The van der Waals surface area contributed by atoms with Crippen LogP contribution in [0.5, 0.6) is 5.75 Å². The molecular weight excluding hydrogens is 493 g/mol. The highest BCUT2D eigenvalue weighted by Gasteiger charge is 2.16. The smallest absolute Gasteiger partial charge is 0.387 e. The van der Waals surface area contributed by atoms with E-state index in [4.69, 9.17) is 34.8 Å². The molecule has 0 aliphatic heterocycles. The summed E-state index contributed by atoms with van der Waals surface area (Å²) in [6.07, 6.45) is 0. The molecule has 164 valence electrons. The number of anilines is 1. The van der Waals surface area contributed by atoms with Gasteiger partial charge in [-0.05, 0) is 43.3 Å². The van der Waals surface area contributed by atoms with E-state index in [0.717, 1.165) is 0 Å². The molecule has 0 unspecified atom stereocenters. The predicted molar refractivity (Wildman–Crippen MR) is 119 cm³/mol. The molecule has 6 nitrogen and oxygen atoms in total. The van der Waals surface area contributed by atoms with Crippen molar-refractivity contribution in [2.24, 2.45) is 0 Å². The lowest BCUT2D eigenvalue weighted by molar-refractivity contribution is -0.113. The maximum atomic E-state index is 12.3. The Hall–Kier alpha value is -2.07. The summed E-state index contributed by atoms with van der Waals surface area (Å²) in [6, 6.07) is 9.01. The highest BCUT2D eigenvalue weighted by Crippen LogP contribution is 2.32. The Kier molecular flexibility index (Phi) is 7.99. The summed E-state index contributed by atoms with van der Waals surface area (Å²) in [6.45, 7) is -0.445. The third-order valence-corrected chi connectivity index (χ3v) is 5.99. The van der Waals surface area contributed by atoms with Gasteiger partial charge in [-0.1, -0.05) is 46.6 Å². The summed E-state index contributed by atoms with van der Waals surface area (Å²) >= 11 is 19.1. The third kappa shape index (κ3) is 6.00. The third-order valence-electron chi connectivity index (χ3n) is 3.99. The van der Waals surface area contributed by atoms with Crippen molar-refractivity contribution in [3.63, 3.8) is 0 Å². The molecular formula is C19H15Cl3F2N4O2S. The molecule has 0 aliphatic carbocycles. The summed E-state index contributed by atoms with van der Waals surface area (Å²) in [5.41, 5.74) is 1.03. The van der Waals surface area contributed by atoms with Crippen LogP contribution < -0.4 is 10.1 Å². The fourth-order valence-electron chi connectivity index (χ4n) is 2.61. The van der Waals surface area contributed by atoms with E-state index < -0.39 is 6.61 Å². The average Bonchev–Trinajstić information content (AvgIpc) is 3.13. The molecule has 3 aromatic rings. The van der Waals surface area contributed by atoms with Crippen LogP contribution in [0, 0.1) is 0 Å². The van der Waals surface area contributed by atoms with Gasteiger partial charge in [-0.25, -0.2) is 0 Å². The molecule has 31 heavy (non-hydrogen) atoms. The van der Waals surface area contributed by atoms with E-state index in [1.165, 1.54) is 36.0 Å². The van der Waals surface area contributed by atoms with Crippen LogP contribution in [0.1, 0.15) is 6.92 Å². The second-order valence-corrected chi connectivity index (χ2v) is 8.20. The number of rotatable bonds is 8. The van der Waals surface area contributed by atoms with Gasteiger partial charge in [0.2, 0.25) is 5.91 Å². The summed E-state index contributed by atoms with van der Waals surface area (Å²) in [4.78, 5) is 12.3. The SMILES string of the molecule is CCn1c(SCC(=O)Nc2cc(Cl)c(Cl)cc2Cl)nnc1-c1ccc(OC(F)F)cc1. The number of carbonyl (C=O) groups excluding carboxylic acids is 1. The van der Waals surface area contributed by atoms with E-state index >= 15 is 0 Å². The van der Waals surface area contributed by atoms with Crippen LogP contribution in [0.15, 0.2) is 41.6 Å². The lowest BCUT2D eigenvalue weighted by atomic mass is 10.2. The summed E-state index contributed by atoms with van der Waals surface area (Å²) in [5, 5.41) is 12.3. The second kappa shape index (κ2) is 10.5. The van der Waals surface area contributed by atoms with E-state index in [0.29, 0.717) is 28.8 Å². The highest BCUT2D eigenvalue weighted by atomic mass is 35.5. The number of halogens is 5. The van der Waals surface area contributed by atoms with Crippen molar-refractivity contribution >= 4 is 58.2 Å². The summed E-state index contributed by atoms with van der Waals surface area (Å²) in [5.74, 6) is 0.330. The largest absolute Gasteiger partial charge is 0.435 e.